The van der Waals surface area contributed by atoms with E-state index in [-0.39, 0.29) is 45.3 Å². The number of nitrogens with one attached hydrogen (secondary N) is 3. The van der Waals surface area contributed by atoms with Gasteiger partial charge in [-0.15, -0.1) is 0 Å². The highest BCUT2D eigenvalue weighted by molar-refractivity contribution is 7.91. The summed E-state index contributed by atoms with van der Waals surface area (Å²) >= 11 is 0. The van der Waals surface area contributed by atoms with E-state index in [9.17, 15) is 55.3 Å². The van der Waals surface area contributed by atoms with Crippen LogP contribution in [0.5, 0.6) is 0 Å². The van der Waals surface area contributed by atoms with Crippen molar-refractivity contribution in [2.75, 3.05) is 19.6 Å². The molecule has 2 aromatic rings. The summed E-state index contributed by atoms with van der Waals surface area (Å²) in [7, 11) is -8.88. The average molecular weight is 918 g/mol. The number of allylic oxidation sites excluding steroid dienone is 1. The second-order valence-corrected chi connectivity index (χ2v) is 21.2. The molecule has 5 atom stereocenters. The summed E-state index contributed by atoms with van der Waals surface area (Å²) in [6, 6.07) is 5.65. The molecule has 1 saturated heterocycles. The molecule has 3 fully saturated rings. The molecule has 0 aromatic heterocycles. The van der Waals surface area contributed by atoms with Crippen molar-refractivity contribution in [3.8, 4) is 0 Å². The van der Waals surface area contributed by atoms with Crippen molar-refractivity contribution in [2.24, 2.45) is 5.92 Å². The maximum Gasteiger partial charge on any atom is 0.410 e. The van der Waals surface area contributed by atoms with Gasteiger partial charge in [0.25, 0.3) is 11.6 Å². The predicted molar refractivity (Wildman–Crippen MR) is 218 cm³/mol. The van der Waals surface area contributed by atoms with Gasteiger partial charge in [-0.1, -0.05) is 36.4 Å². The van der Waals surface area contributed by atoms with Crippen LogP contribution in [-0.2, 0) is 57.0 Å². The zero-order valence-corrected chi connectivity index (χ0v) is 36.3. The number of ether oxygens (including phenoxy) is 2. The van der Waals surface area contributed by atoms with Gasteiger partial charge in [-0.3, -0.25) is 34.1 Å². The predicted octanol–water partition coefficient (Wildman–Crippen LogP) is 2.57. The molecule has 63 heavy (non-hydrogen) atoms. The molecule has 2 aliphatic carbocycles. The standard InChI is InChI=1S/C40H48FN7O13S2/c1-39(2,3)61-37(52)42-30-23-46(63(58,59)33-14-7-6-13-31(33)48(54)55)17-8-4-5-11-25-19-40(25,36(51)44-62(56,57)27-15-16-27)43-34(49)32-18-26(21-47(32)35(30)50)60-38(53)45-20-24-10-9-12-29(41)28(24)22-45/h5-7,9-14,25-27,30,32H,4,8,15-23H2,1-3H3,(H,42,52)(H,43,49)(H,44,51)/b11-5-/t25-,26?,30-,32-,40+/m0/s1. The van der Waals surface area contributed by atoms with E-state index in [4.69, 9.17) is 9.47 Å². The fraction of sp³-hybridized carbons (Fsp3) is 0.525. The largest absolute Gasteiger partial charge is 0.444 e. The molecule has 7 rings (SSSR count). The van der Waals surface area contributed by atoms with Gasteiger partial charge in [0.1, 0.15) is 35.1 Å². The molecular formula is C40H48FN7O13S2. The number of amides is 5. The summed E-state index contributed by atoms with van der Waals surface area (Å²) in [6.07, 6.45) is 0.487. The SMILES string of the molecule is CC(C)(C)OC(=O)N[C@H]1CN(S(=O)(=O)c2ccccc2[N+](=O)[O-])CCC/C=C\[C@H]2C[C@@]2(C(=O)NS(=O)(=O)C2CC2)NC(=O)[C@@H]2CC(OC(=O)N3Cc4cccc(F)c4C3)CN2C1=O. The van der Waals surface area contributed by atoms with Gasteiger partial charge < -0.3 is 25.0 Å². The van der Waals surface area contributed by atoms with Crippen molar-refractivity contribution in [3.05, 3.63) is 81.7 Å². The summed E-state index contributed by atoms with van der Waals surface area (Å²) in [5.74, 6) is -4.23. The van der Waals surface area contributed by atoms with Gasteiger partial charge in [-0.05, 0) is 70.6 Å². The number of halogens is 1. The van der Waals surface area contributed by atoms with Crippen LogP contribution in [-0.4, -0.2) is 120 Å². The third-order valence-electron chi connectivity index (χ3n) is 11.5. The number of carbonyl (C=O) groups is 5. The number of hydrogen-bond donors (Lipinski definition) is 3. The highest BCUT2D eigenvalue weighted by atomic mass is 32.2. The lowest BCUT2D eigenvalue weighted by atomic mass is 10.1. The van der Waals surface area contributed by atoms with Gasteiger partial charge in [-0.2, -0.15) is 4.31 Å². The molecule has 23 heteroatoms. The lowest BCUT2D eigenvalue weighted by Gasteiger charge is -2.32. The van der Waals surface area contributed by atoms with Crippen LogP contribution in [0, 0.1) is 21.8 Å². The first-order chi connectivity index (χ1) is 29.6. The molecule has 2 aromatic carbocycles. The van der Waals surface area contributed by atoms with Crippen molar-refractivity contribution in [3.63, 3.8) is 0 Å². The Morgan fingerprint density at radius 3 is 2.43 bits per heavy atom. The summed E-state index contributed by atoms with van der Waals surface area (Å²) in [5, 5.41) is 16.3. The molecule has 3 aliphatic heterocycles. The van der Waals surface area contributed by atoms with Crippen LogP contribution in [0.1, 0.15) is 70.4 Å². The van der Waals surface area contributed by atoms with Gasteiger partial charge >= 0.3 is 12.2 Å². The molecule has 5 aliphatic rings. The first-order valence-corrected chi connectivity index (χ1v) is 23.4. The number of nitro groups is 1. The Labute approximate surface area is 362 Å². The van der Waals surface area contributed by atoms with Crippen molar-refractivity contribution >= 4 is 55.6 Å². The van der Waals surface area contributed by atoms with Gasteiger partial charge in [0.05, 0.1) is 23.3 Å². The average Bonchev–Trinajstić information content (AvgIpc) is 4.09. The molecule has 5 amide bonds. The van der Waals surface area contributed by atoms with Gasteiger partial charge in [-0.25, -0.2) is 30.8 Å². The summed E-state index contributed by atoms with van der Waals surface area (Å²) in [4.78, 5) is 82.9. The molecule has 20 nitrogen and oxygen atoms in total. The lowest BCUT2D eigenvalue weighted by molar-refractivity contribution is -0.387. The van der Waals surface area contributed by atoms with Crippen molar-refractivity contribution in [2.45, 2.75) is 112 Å². The Bertz CT molecular complexity index is 2480. The van der Waals surface area contributed by atoms with Crippen LogP contribution >= 0.6 is 0 Å². The molecule has 3 heterocycles. The van der Waals surface area contributed by atoms with Crippen molar-refractivity contribution in [1.29, 1.82) is 0 Å². The number of alkyl carbamates (subject to hydrolysis) is 1. The lowest BCUT2D eigenvalue weighted by Crippen LogP contribution is -2.60. The van der Waals surface area contributed by atoms with Crippen LogP contribution in [0.4, 0.5) is 19.7 Å². The monoisotopic (exact) mass is 917 g/mol. The topological polar surface area (TPSA) is 261 Å². The Kier molecular flexibility index (Phi) is 12.3. The first kappa shape index (κ1) is 45.3. The number of fused-ring (bicyclic) bond motifs is 3. The number of benzene rings is 2. The van der Waals surface area contributed by atoms with Crippen LogP contribution in [0.25, 0.3) is 0 Å². The van der Waals surface area contributed by atoms with Gasteiger partial charge in [0.15, 0.2) is 4.90 Å². The molecule has 3 N–H and O–H groups in total. The maximum atomic E-state index is 14.9. The molecular weight excluding hydrogens is 870 g/mol. The molecule has 0 bridgehead atoms. The number of para-hydroxylation sites is 1. The van der Waals surface area contributed by atoms with E-state index in [0.717, 1.165) is 21.3 Å². The summed E-state index contributed by atoms with van der Waals surface area (Å²) in [5.41, 5.74) is -2.78. The van der Waals surface area contributed by atoms with E-state index in [2.05, 4.69) is 15.4 Å². The molecule has 340 valence electrons. The molecule has 0 radical (unpaired) electrons. The first-order valence-electron chi connectivity index (χ1n) is 20.4. The van der Waals surface area contributed by atoms with Crippen molar-refractivity contribution < 1.29 is 59.6 Å². The second kappa shape index (κ2) is 17.1. The van der Waals surface area contributed by atoms with E-state index >= 15 is 0 Å². The van der Waals surface area contributed by atoms with Crippen LogP contribution in [0.15, 0.2) is 59.5 Å². The van der Waals surface area contributed by atoms with E-state index in [1.165, 1.54) is 29.2 Å². The minimum Gasteiger partial charge on any atom is -0.444 e. The third kappa shape index (κ3) is 9.78. The smallest absolute Gasteiger partial charge is 0.410 e. The number of nitrogens with zero attached hydrogens (tertiary/aromatic N) is 4. The Balaban J connectivity index is 1.25. The zero-order chi connectivity index (χ0) is 45.6. The van der Waals surface area contributed by atoms with E-state index in [0.29, 0.717) is 24.0 Å². The number of sulfonamides is 2. The minimum absolute atomic E-state index is 0.00722. The van der Waals surface area contributed by atoms with E-state index < -0.39 is 125 Å². The van der Waals surface area contributed by atoms with Gasteiger partial charge in [0.2, 0.25) is 31.9 Å². The third-order valence-corrected chi connectivity index (χ3v) is 15.2. The normalized spacial score (nSPS) is 26.2. The molecule has 1 unspecified atom stereocenters. The number of nitro benzene ring substituents is 1. The van der Waals surface area contributed by atoms with E-state index in [1.54, 1.807) is 39.0 Å². The second-order valence-electron chi connectivity index (χ2n) is 17.3. The van der Waals surface area contributed by atoms with Crippen LogP contribution < -0.4 is 15.4 Å². The highest BCUT2D eigenvalue weighted by Gasteiger charge is 2.62. The Hall–Kier alpha value is -5.68. The van der Waals surface area contributed by atoms with Crippen LogP contribution in [0.3, 0.4) is 0 Å². The fourth-order valence-corrected chi connectivity index (χ4v) is 11.0. The highest BCUT2D eigenvalue weighted by Crippen LogP contribution is 2.46. The number of rotatable bonds is 8. The maximum absolute atomic E-state index is 14.9. The minimum atomic E-state index is -4.80. The fourth-order valence-electron chi connectivity index (χ4n) is 8.03. The number of carbonyl (C=O) groups excluding carboxylic acids is 5. The van der Waals surface area contributed by atoms with Crippen molar-refractivity contribution in [1.82, 2.24) is 29.5 Å². The quantitative estimate of drug-likeness (QED) is 0.196. The van der Waals surface area contributed by atoms with Gasteiger partial charge in [0, 0.05) is 43.6 Å². The number of hydrogen-bond acceptors (Lipinski definition) is 13. The Morgan fingerprint density at radius 1 is 1.02 bits per heavy atom. The molecule has 0 spiro atoms. The Morgan fingerprint density at radius 2 is 1.75 bits per heavy atom. The summed E-state index contributed by atoms with van der Waals surface area (Å²) < 4.78 is 83.3. The van der Waals surface area contributed by atoms with Crippen LogP contribution in [0.2, 0.25) is 0 Å². The molecule has 2 saturated carbocycles. The van der Waals surface area contributed by atoms with E-state index in [1.807, 2.05) is 0 Å². The zero-order valence-electron chi connectivity index (χ0n) is 34.7. The summed E-state index contributed by atoms with van der Waals surface area (Å²) in [6.45, 7) is 2.89.